The molecule has 3 rings (SSSR count). The predicted molar refractivity (Wildman–Crippen MR) is 111 cm³/mol. The Balaban J connectivity index is 1.52. The summed E-state index contributed by atoms with van der Waals surface area (Å²) in [5, 5.41) is 2.80. The van der Waals surface area contributed by atoms with Gasteiger partial charge in [0, 0.05) is 64.7 Å². The van der Waals surface area contributed by atoms with Gasteiger partial charge < -0.3 is 15.0 Å². The number of nitrogens with one attached hydrogen (secondary N) is 1. The van der Waals surface area contributed by atoms with Gasteiger partial charge in [0.15, 0.2) is 0 Å². The summed E-state index contributed by atoms with van der Waals surface area (Å²) < 4.78 is 4.97. The van der Waals surface area contributed by atoms with Gasteiger partial charge in [-0.3, -0.25) is 19.5 Å². The molecule has 2 heterocycles. The minimum Gasteiger partial charge on any atom is -0.385 e. The number of carbonyl (C=O) groups is 2. The highest BCUT2D eigenvalue weighted by molar-refractivity contribution is 5.98. The molecule has 1 saturated heterocycles. The van der Waals surface area contributed by atoms with Crippen molar-refractivity contribution in [2.45, 2.75) is 13.0 Å². The number of hydrogen-bond donors (Lipinski definition) is 1. The molecule has 2 aromatic rings. The van der Waals surface area contributed by atoms with Crippen molar-refractivity contribution in [3.63, 3.8) is 0 Å². The van der Waals surface area contributed by atoms with Crippen LogP contribution in [0, 0.1) is 0 Å². The first-order valence-electron chi connectivity index (χ1n) is 9.96. The van der Waals surface area contributed by atoms with E-state index in [0.717, 1.165) is 26.1 Å². The molecule has 7 heteroatoms. The molecule has 0 radical (unpaired) electrons. The summed E-state index contributed by atoms with van der Waals surface area (Å²) in [6, 6.07) is 13.6. The summed E-state index contributed by atoms with van der Waals surface area (Å²) in [4.78, 5) is 33.4. The fourth-order valence-corrected chi connectivity index (χ4v) is 3.33. The van der Waals surface area contributed by atoms with Crippen molar-refractivity contribution in [1.82, 2.24) is 20.1 Å². The van der Waals surface area contributed by atoms with Gasteiger partial charge in [-0.05, 0) is 24.1 Å². The van der Waals surface area contributed by atoms with Crippen LogP contribution in [0.15, 0.2) is 48.7 Å². The zero-order chi connectivity index (χ0) is 20.5. The first kappa shape index (κ1) is 21.0. The molecule has 2 amide bonds. The molecule has 1 aromatic carbocycles. The molecule has 29 heavy (non-hydrogen) atoms. The number of benzene rings is 1. The fraction of sp³-hybridized carbons (Fsp3) is 0.409. The second-order valence-electron chi connectivity index (χ2n) is 7.09. The minimum absolute atomic E-state index is 0.0554. The van der Waals surface area contributed by atoms with E-state index < -0.39 is 0 Å². The number of methoxy groups -OCH3 is 1. The molecular weight excluding hydrogens is 368 g/mol. The van der Waals surface area contributed by atoms with Crippen molar-refractivity contribution < 1.29 is 14.3 Å². The summed E-state index contributed by atoms with van der Waals surface area (Å²) in [5.41, 5.74) is 2.04. The average molecular weight is 396 g/mol. The van der Waals surface area contributed by atoms with Gasteiger partial charge >= 0.3 is 0 Å². The standard InChI is InChI=1S/C22H28N4O3/c1-29-15-5-9-24-21(27)20-16-19(8-10-23-20)22(28)26-13-11-25(12-14-26)17-18-6-3-2-4-7-18/h2-4,6-8,10,16H,5,9,11-15,17H2,1H3,(H,24,27). The topological polar surface area (TPSA) is 74.8 Å². The number of rotatable bonds is 8. The molecule has 1 aromatic heterocycles. The molecule has 0 spiro atoms. The summed E-state index contributed by atoms with van der Waals surface area (Å²) in [7, 11) is 1.62. The van der Waals surface area contributed by atoms with Crippen LogP contribution in [-0.2, 0) is 11.3 Å². The minimum atomic E-state index is -0.275. The quantitative estimate of drug-likeness (QED) is 0.689. The Morgan fingerprint density at radius 2 is 1.86 bits per heavy atom. The Morgan fingerprint density at radius 3 is 2.59 bits per heavy atom. The lowest BCUT2D eigenvalue weighted by molar-refractivity contribution is 0.0628. The number of amides is 2. The first-order chi connectivity index (χ1) is 14.2. The van der Waals surface area contributed by atoms with Crippen molar-refractivity contribution in [3.8, 4) is 0 Å². The van der Waals surface area contributed by atoms with Crippen LogP contribution < -0.4 is 5.32 Å². The second-order valence-corrected chi connectivity index (χ2v) is 7.09. The molecular formula is C22H28N4O3. The molecule has 1 fully saturated rings. The Kier molecular flexibility index (Phi) is 7.72. The fourth-order valence-electron chi connectivity index (χ4n) is 3.33. The number of pyridine rings is 1. The van der Waals surface area contributed by atoms with E-state index in [0.29, 0.717) is 31.8 Å². The predicted octanol–water partition coefficient (Wildman–Crippen LogP) is 1.81. The van der Waals surface area contributed by atoms with Crippen LogP contribution in [0.4, 0.5) is 0 Å². The SMILES string of the molecule is COCCCNC(=O)c1cc(C(=O)N2CCN(Cc3ccccc3)CC2)ccn1. The lowest BCUT2D eigenvalue weighted by Gasteiger charge is -2.34. The van der Waals surface area contributed by atoms with Crippen LogP contribution >= 0.6 is 0 Å². The van der Waals surface area contributed by atoms with E-state index in [4.69, 9.17) is 4.74 Å². The molecule has 0 saturated carbocycles. The Morgan fingerprint density at radius 1 is 1.10 bits per heavy atom. The maximum absolute atomic E-state index is 12.9. The number of hydrogen-bond acceptors (Lipinski definition) is 5. The van der Waals surface area contributed by atoms with Gasteiger partial charge in [0.2, 0.25) is 0 Å². The molecule has 0 atom stereocenters. The largest absolute Gasteiger partial charge is 0.385 e. The van der Waals surface area contributed by atoms with E-state index in [-0.39, 0.29) is 17.5 Å². The molecule has 0 bridgehead atoms. The van der Waals surface area contributed by atoms with Gasteiger partial charge in [-0.2, -0.15) is 0 Å². The number of aromatic nitrogens is 1. The number of nitrogens with zero attached hydrogens (tertiary/aromatic N) is 3. The first-order valence-corrected chi connectivity index (χ1v) is 9.96. The van der Waals surface area contributed by atoms with Gasteiger partial charge in [-0.25, -0.2) is 0 Å². The third kappa shape index (κ3) is 6.10. The van der Waals surface area contributed by atoms with E-state index in [2.05, 4.69) is 27.3 Å². The summed E-state index contributed by atoms with van der Waals surface area (Å²) in [6.07, 6.45) is 2.25. The number of ether oxygens (including phenoxy) is 1. The Bertz CT molecular complexity index is 805. The van der Waals surface area contributed by atoms with E-state index in [1.807, 2.05) is 23.1 Å². The molecule has 0 unspecified atom stereocenters. The van der Waals surface area contributed by atoms with Crippen LogP contribution in [-0.4, -0.2) is 73.0 Å². The van der Waals surface area contributed by atoms with Crippen molar-refractivity contribution in [1.29, 1.82) is 0 Å². The highest BCUT2D eigenvalue weighted by Crippen LogP contribution is 2.12. The van der Waals surface area contributed by atoms with Crippen molar-refractivity contribution in [3.05, 3.63) is 65.5 Å². The van der Waals surface area contributed by atoms with Crippen LogP contribution in [0.1, 0.15) is 32.8 Å². The van der Waals surface area contributed by atoms with Crippen molar-refractivity contribution >= 4 is 11.8 Å². The van der Waals surface area contributed by atoms with E-state index in [1.54, 1.807) is 19.2 Å². The van der Waals surface area contributed by atoms with Crippen LogP contribution in [0.3, 0.4) is 0 Å². The molecule has 154 valence electrons. The molecule has 1 N–H and O–H groups in total. The smallest absolute Gasteiger partial charge is 0.269 e. The monoisotopic (exact) mass is 396 g/mol. The zero-order valence-corrected chi connectivity index (χ0v) is 16.8. The van der Waals surface area contributed by atoms with Crippen LogP contribution in [0.25, 0.3) is 0 Å². The zero-order valence-electron chi connectivity index (χ0n) is 16.8. The highest BCUT2D eigenvalue weighted by Gasteiger charge is 2.23. The van der Waals surface area contributed by atoms with Gasteiger partial charge in [-0.1, -0.05) is 30.3 Å². The lowest BCUT2D eigenvalue weighted by atomic mass is 10.1. The summed E-state index contributed by atoms with van der Waals surface area (Å²) in [5.74, 6) is -0.330. The van der Waals surface area contributed by atoms with Gasteiger partial charge in [0.05, 0.1) is 0 Å². The molecule has 7 nitrogen and oxygen atoms in total. The van der Waals surface area contributed by atoms with Crippen molar-refractivity contribution in [2.24, 2.45) is 0 Å². The Hall–Kier alpha value is -2.77. The van der Waals surface area contributed by atoms with Crippen LogP contribution in [0.5, 0.6) is 0 Å². The molecule has 1 aliphatic heterocycles. The van der Waals surface area contributed by atoms with E-state index in [9.17, 15) is 9.59 Å². The van der Waals surface area contributed by atoms with Gasteiger partial charge in [-0.15, -0.1) is 0 Å². The highest BCUT2D eigenvalue weighted by atomic mass is 16.5. The lowest BCUT2D eigenvalue weighted by Crippen LogP contribution is -2.48. The van der Waals surface area contributed by atoms with E-state index in [1.165, 1.54) is 11.8 Å². The Labute approximate surface area is 171 Å². The maximum Gasteiger partial charge on any atom is 0.269 e. The second kappa shape index (κ2) is 10.7. The van der Waals surface area contributed by atoms with E-state index >= 15 is 0 Å². The third-order valence-corrected chi connectivity index (χ3v) is 4.96. The van der Waals surface area contributed by atoms with Gasteiger partial charge in [0.25, 0.3) is 11.8 Å². The normalized spacial score (nSPS) is 14.6. The number of piperazine rings is 1. The summed E-state index contributed by atoms with van der Waals surface area (Å²) >= 11 is 0. The molecule has 1 aliphatic rings. The number of carbonyl (C=O) groups excluding carboxylic acids is 2. The molecule has 0 aliphatic carbocycles. The van der Waals surface area contributed by atoms with Crippen LogP contribution in [0.2, 0.25) is 0 Å². The maximum atomic E-state index is 12.9. The summed E-state index contributed by atoms with van der Waals surface area (Å²) in [6.45, 7) is 5.00. The average Bonchev–Trinajstić information content (AvgIpc) is 2.77. The van der Waals surface area contributed by atoms with Gasteiger partial charge in [0.1, 0.15) is 5.69 Å². The third-order valence-electron chi connectivity index (χ3n) is 4.96. The van der Waals surface area contributed by atoms with Crippen molar-refractivity contribution in [2.75, 3.05) is 46.4 Å².